The monoisotopic (exact) mass is 410 g/mol. The number of rotatable bonds is 6. The largest absolute Gasteiger partial charge is 0.416 e. The molecule has 2 N–H and O–H groups in total. The van der Waals surface area contributed by atoms with E-state index in [9.17, 15) is 26.4 Å². The van der Waals surface area contributed by atoms with Gasteiger partial charge < -0.3 is 5.32 Å². The van der Waals surface area contributed by atoms with Crippen molar-refractivity contribution in [3.05, 3.63) is 65.7 Å². The minimum absolute atomic E-state index is 0.0269. The molecular formula is C19H17F3N2O3S. The molecule has 0 aromatic heterocycles. The summed E-state index contributed by atoms with van der Waals surface area (Å²) in [5.41, 5.74) is -0.330. The van der Waals surface area contributed by atoms with E-state index < -0.39 is 27.7 Å². The molecule has 1 aliphatic carbocycles. The molecule has 2 aromatic carbocycles. The number of amides is 1. The second kappa shape index (κ2) is 7.76. The number of anilines is 1. The van der Waals surface area contributed by atoms with Crippen LogP contribution in [0.1, 0.15) is 24.0 Å². The topological polar surface area (TPSA) is 75.3 Å². The number of halogens is 3. The maximum atomic E-state index is 12.7. The van der Waals surface area contributed by atoms with Crippen LogP contribution in [-0.4, -0.2) is 20.4 Å². The van der Waals surface area contributed by atoms with Gasteiger partial charge in [-0.3, -0.25) is 4.79 Å². The zero-order chi connectivity index (χ0) is 20.4. The Morgan fingerprint density at radius 1 is 1.07 bits per heavy atom. The van der Waals surface area contributed by atoms with Gasteiger partial charge in [0.1, 0.15) is 0 Å². The fourth-order valence-corrected chi connectivity index (χ4v) is 3.75. The molecule has 148 valence electrons. The molecule has 0 atom stereocenters. The lowest BCUT2D eigenvalue weighted by atomic mass is 10.1. The van der Waals surface area contributed by atoms with E-state index in [1.165, 1.54) is 42.5 Å². The smallest absolute Gasteiger partial charge is 0.322 e. The van der Waals surface area contributed by atoms with Crippen LogP contribution in [0.25, 0.3) is 6.08 Å². The average molecular weight is 410 g/mol. The minimum Gasteiger partial charge on any atom is -0.322 e. The molecular weight excluding hydrogens is 393 g/mol. The molecule has 28 heavy (non-hydrogen) atoms. The Bertz CT molecular complexity index is 1010. The van der Waals surface area contributed by atoms with Crippen LogP contribution in [0.4, 0.5) is 18.9 Å². The Labute approximate surface area is 160 Å². The minimum atomic E-state index is -4.47. The summed E-state index contributed by atoms with van der Waals surface area (Å²) >= 11 is 0. The second-order valence-electron chi connectivity index (χ2n) is 6.37. The lowest BCUT2D eigenvalue weighted by Crippen LogP contribution is -2.25. The predicted octanol–water partition coefficient (Wildman–Crippen LogP) is 3.80. The number of nitrogens with one attached hydrogen (secondary N) is 2. The van der Waals surface area contributed by atoms with Crippen molar-refractivity contribution in [3.8, 4) is 0 Å². The van der Waals surface area contributed by atoms with Crippen molar-refractivity contribution in [1.29, 1.82) is 0 Å². The normalized spacial score (nSPS) is 15.0. The van der Waals surface area contributed by atoms with Crippen LogP contribution < -0.4 is 10.0 Å². The van der Waals surface area contributed by atoms with Crippen molar-refractivity contribution in [1.82, 2.24) is 4.72 Å². The van der Waals surface area contributed by atoms with Gasteiger partial charge in [0.15, 0.2) is 0 Å². The van der Waals surface area contributed by atoms with Gasteiger partial charge in [-0.15, -0.1) is 0 Å². The van der Waals surface area contributed by atoms with Crippen molar-refractivity contribution in [2.24, 2.45) is 0 Å². The first-order valence-corrected chi connectivity index (χ1v) is 9.90. The van der Waals surface area contributed by atoms with E-state index >= 15 is 0 Å². The molecule has 1 amide bonds. The van der Waals surface area contributed by atoms with Crippen LogP contribution in [0.3, 0.4) is 0 Å². The Kier molecular flexibility index (Phi) is 5.57. The van der Waals surface area contributed by atoms with Crippen LogP contribution in [0, 0.1) is 0 Å². The van der Waals surface area contributed by atoms with Crippen LogP contribution in [0.5, 0.6) is 0 Å². The number of alkyl halides is 3. The summed E-state index contributed by atoms with van der Waals surface area (Å²) in [6.07, 6.45) is -0.530. The summed E-state index contributed by atoms with van der Waals surface area (Å²) in [6, 6.07) is 10.3. The lowest BCUT2D eigenvalue weighted by Gasteiger charge is -2.08. The molecule has 0 radical (unpaired) electrons. The number of hydrogen-bond acceptors (Lipinski definition) is 3. The third kappa shape index (κ3) is 5.43. The SMILES string of the molecule is O=C(/C=C/c1cccc(C(F)(F)F)c1)Nc1cccc(S(=O)(=O)NC2CC2)c1. The third-order valence-electron chi connectivity index (χ3n) is 3.95. The van der Waals surface area contributed by atoms with Crippen LogP contribution in [-0.2, 0) is 21.0 Å². The summed E-state index contributed by atoms with van der Waals surface area (Å²) in [5, 5.41) is 2.50. The molecule has 9 heteroatoms. The number of benzene rings is 2. The quantitative estimate of drug-likeness (QED) is 0.712. The molecule has 1 fully saturated rings. The molecule has 3 rings (SSSR count). The highest BCUT2D eigenvalue weighted by Gasteiger charge is 2.30. The van der Waals surface area contributed by atoms with Gasteiger partial charge in [0.05, 0.1) is 10.5 Å². The Hall–Kier alpha value is -2.65. The molecule has 0 heterocycles. The first-order chi connectivity index (χ1) is 13.1. The maximum absolute atomic E-state index is 12.7. The van der Waals surface area contributed by atoms with Crippen LogP contribution >= 0.6 is 0 Å². The Balaban J connectivity index is 1.68. The highest BCUT2D eigenvalue weighted by atomic mass is 32.2. The predicted molar refractivity (Wildman–Crippen MR) is 98.9 cm³/mol. The number of carbonyl (C=O) groups is 1. The van der Waals surface area contributed by atoms with Gasteiger partial charge >= 0.3 is 6.18 Å². The van der Waals surface area contributed by atoms with Crippen molar-refractivity contribution >= 4 is 27.7 Å². The van der Waals surface area contributed by atoms with Gasteiger partial charge in [-0.05, 0) is 54.8 Å². The molecule has 0 saturated heterocycles. The van der Waals surface area contributed by atoms with Gasteiger partial charge in [0.25, 0.3) is 0 Å². The van der Waals surface area contributed by atoms with E-state index in [2.05, 4.69) is 10.0 Å². The molecule has 5 nitrogen and oxygen atoms in total. The van der Waals surface area contributed by atoms with E-state index in [1.54, 1.807) is 0 Å². The van der Waals surface area contributed by atoms with Crippen molar-refractivity contribution < 1.29 is 26.4 Å². The van der Waals surface area contributed by atoms with Crippen molar-refractivity contribution in [2.75, 3.05) is 5.32 Å². The van der Waals surface area contributed by atoms with Gasteiger partial charge in [-0.1, -0.05) is 18.2 Å². The average Bonchev–Trinajstić information content (AvgIpc) is 3.43. The third-order valence-corrected chi connectivity index (χ3v) is 5.47. The molecule has 2 aromatic rings. The highest BCUT2D eigenvalue weighted by molar-refractivity contribution is 7.89. The Morgan fingerprint density at radius 2 is 1.79 bits per heavy atom. The molecule has 1 saturated carbocycles. The zero-order valence-electron chi connectivity index (χ0n) is 14.5. The van der Waals surface area contributed by atoms with E-state index in [0.717, 1.165) is 31.1 Å². The maximum Gasteiger partial charge on any atom is 0.416 e. The summed E-state index contributed by atoms with van der Waals surface area (Å²) in [7, 11) is -3.66. The van der Waals surface area contributed by atoms with E-state index in [4.69, 9.17) is 0 Å². The molecule has 0 aliphatic heterocycles. The first kappa shape index (κ1) is 20.1. The zero-order valence-corrected chi connectivity index (χ0v) is 15.3. The van der Waals surface area contributed by atoms with Crippen LogP contribution in [0.15, 0.2) is 59.5 Å². The summed E-state index contributed by atoms with van der Waals surface area (Å²) < 4.78 is 65.1. The number of hydrogen-bond donors (Lipinski definition) is 2. The van der Waals surface area contributed by atoms with Gasteiger partial charge in [0.2, 0.25) is 15.9 Å². The second-order valence-corrected chi connectivity index (χ2v) is 8.08. The summed E-state index contributed by atoms with van der Waals surface area (Å²) in [6.45, 7) is 0. The first-order valence-electron chi connectivity index (χ1n) is 8.42. The standard InChI is InChI=1S/C19H17F3N2O3S/c20-19(21,22)14-4-1-3-13(11-14)7-10-18(25)23-16-5-2-6-17(12-16)28(26,27)24-15-8-9-15/h1-7,10-12,15,24H,8-9H2,(H,23,25)/b10-7+. The summed E-state index contributed by atoms with van der Waals surface area (Å²) in [4.78, 5) is 12.1. The van der Waals surface area contributed by atoms with Gasteiger partial charge in [-0.2, -0.15) is 13.2 Å². The molecule has 0 unspecified atom stereocenters. The highest BCUT2D eigenvalue weighted by Crippen LogP contribution is 2.29. The Morgan fingerprint density at radius 3 is 2.46 bits per heavy atom. The van der Waals surface area contributed by atoms with Gasteiger partial charge in [0, 0.05) is 17.8 Å². The fraction of sp³-hybridized carbons (Fsp3) is 0.211. The molecule has 0 spiro atoms. The van der Waals surface area contributed by atoms with E-state index in [-0.39, 0.29) is 22.2 Å². The van der Waals surface area contributed by atoms with Gasteiger partial charge in [-0.25, -0.2) is 13.1 Å². The van der Waals surface area contributed by atoms with Crippen molar-refractivity contribution in [2.45, 2.75) is 30.0 Å². The fourth-order valence-electron chi connectivity index (χ4n) is 2.40. The summed E-state index contributed by atoms with van der Waals surface area (Å²) in [5.74, 6) is -0.595. The number of carbonyl (C=O) groups excluding carboxylic acids is 1. The van der Waals surface area contributed by atoms with Crippen LogP contribution in [0.2, 0.25) is 0 Å². The van der Waals surface area contributed by atoms with E-state index in [0.29, 0.717) is 0 Å². The lowest BCUT2D eigenvalue weighted by molar-refractivity contribution is -0.137. The number of sulfonamides is 1. The molecule has 0 bridgehead atoms. The van der Waals surface area contributed by atoms with Crippen molar-refractivity contribution in [3.63, 3.8) is 0 Å². The van der Waals surface area contributed by atoms with E-state index in [1.807, 2.05) is 0 Å². The molecule has 1 aliphatic rings.